The van der Waals surface area contributed by atoms with Gasteiger partial charge in [-0.3, -0.25) is 4.79 Å². The average molecular weight is 301 g/mol. The maximum absolute atomic E-state index is 12.9. The van der Waals surface area contributed by atoms with Crippen molar-refractivity contribution in [1.82, 2.24) is 4.90 Å². The smallest absolute Gasteiger partial charge is 0.226 e. The van der Waals surface area contributed by atoms with Gasteiger partial charge in [0, 0.05) is 37.6 Å². The van der Waals surface area contributed by atoms with Crippen molar-refractivity contribution in [2.45, 2.75) is 51.0 Å². The third-order valence-corrected chi connectivity index (χ3v) is 5.28. The zero-order valence-corrected chi connectivity index (χ0v) is 13.5. The van der Waals surface area contributed by atoms with Crippen molar-refractivity contribution >= 4 is 5.91 Å². The van der Waals surface area contributed by atoms with Crippen LogP contribution in [0.15, 0.2) is 30.3 Å². The van der Waals surface area contributed by atoms with Crippen LogP contribution in [0.25, 0.3) is 0 Å². The van der Waals surface area contributed by atoms with Gasteiger partial charge in [0.15, 0.2) is 0 Å². The summed E-state index contributed by atoms with van der Waals surface area (Å²) in [6, 6.07) is 11.1. The van der Waals surface area contributed by atoms with E-state index in [1.807, 2.05) is 0 Å². The Kier molecular flexibility index (Phi) is 5.14. The van der Waals surface area contributed by atoms with Crippen LogP contribution in [0.4, 0.5) is 0 Å². The summed E-state index contributed by atoms with van der Waals surface area (Å²) in [5.74, 6) is 1.02. The van der Waals surface area contributed by atoms with Crippen LogP contribution in [0.2, 0.25) is 0 Å². The van der Waals surface area contributed by atoms with E-state index in [9.17, 15) is 4.79 Å². The predicted molar refractivity (Wildman–Crippen MR) is 87.8 cm³/mol. The summed E-state index contributed by atoms with van der Waals surface area (Å²) >= 11 is 0. The minimum absolute atomic E-state index is 0.183. The topological polar surface area (TPSA) is 29.5 Å². The number of likely N-dealkylation sites (tertiary alicyclic amines) is 1. The minimum Gasteiger partial charge on any atom is -0.381 e. The van der Waals surface area contributed by atoms with Gasteiger partial charge in [-0.15, -0.1) is 0 Å². The van der Waals surface area contributed by atoms with Crippen LogP contribution in [0, 0.1) is 5.92 Å². The second-order valence-electron chi connectivity index (χ2n) is 6.55. The SMILES string of the molecule is CC[C@@H](c1ccccc1)[C@@H]1CCCN1C(=O)C1CCOCC1. The van der Waals surface area contributed by atoms with Crippen LogP contribution in [-0.4, -0.2) is 36.6 Å². The quantitative estimate of drug-likeness (QED) is 0.850. The molecule has 1 amide bonds. The third-order valence-electron chi connectivity index (χ3n) is 5.28. The van der Waals surface area contributed by atoms with Gasteiger partial charge in [-0.2, -0.15) is 0 Å². The van der Waals surface area contributed by atoms with Crippen molar-refractivity contribution < 1.29 is 9.53 Å². The Labute approximate surface area is 133 Å². The summed E-state index contributed by atoms with van der Waals surface area (Å²) in [7, 11) is 0. The molecule has 22 heavy (non-hydrogen) atoms. The highest BCUT2D eigenvalue weighted by Gasteiger charge is 2.37. The van der Waals surface area contributed by atoms with E-state index in [0.29, 0.717) is 17.9 Å². The van der Waals surface area contributed by atoms with Crippen LogP contribution in [0.5, 0.6) is 0 Å². The number of amides is 1. The van der Waals surface area contributed by atoms with Gasteiger partial charge in [0.05, 0.1) is 0 Å². The summed E-state index contributed by atoms with van der Waals surface area (Å²) in [6.07, 6.45) is 5.16. The molecule has 120 valence electrons. The molecule has 2 heterocycles. The zero-order valence-electron chi connectivity index (χ0n) is 13.5. The molecular formula is C19H27NO2. The van der Waals surface area contributed by atoms with Gasteiger partial charge in [0.1, 0.15) is 0 Å². The van der Waals surface area contributed by atoms with E-state index < -0.39 is 0 Å². The van der Waals surface area contributed by atoms with Gasteiger partial charge < -0.3 is 9.64 Å². The van der Waals surface area contributed by atoms with E-state index in [1.54, 1.807) is 0 Å². The van der Waals surface area contributed by atoms with Crippen LogP contribution in [0.3, 0.4) is 0 Å². The Morgan fingerprint density at radius 2 is 1.95 bits per heavy atom. The Balaban J connectivity index is 1.75. The first kappa shape index (κ1) is 15.5. The van der Waals surface area contributed by atoms with Crippen molar-refractivity contribution in [1.29, 1.82) is 0 Å². The van der Waals surface area contributed by atoms with E-state index in [-0.39, 0.29) is 5.92 Å². The van der Waals surface area contributed by atoms with Gasteiger partial charge in [-0.05, 0) is 37.7 Å². The van der Waals surface area contributed by atoms with E-state index in [0.717, 1.165) is 51.9 Å². The molecule has 0 radical (unpaired) electrons. The summed E-state index contributed by atoms with van der Waals surface area (Å²) in [5, 5.41) is 0. The van der Waals surface area contributed by atoms with Crippen molar-refractivity contribution in [3.8, 4) is 0 Å². The second-order valence-corrected chi connectivity index (χ2v) is 6.55. The summed E-state index contributed by atoms with van der Waals surface area (Å²) in [5.41, 5.74) is 1.38. The van der Waals surface area contributed by atoms with Gasteiger partial charge in [0.25, 0.3) is 0 Å². The van der Waals surface area contributed by atoms with E-state index in [2.05, 4.69) is 42.2 Å². The molecule has 2 fully saturated rings. The molecule has 0 aromatic heterocycles. The molecule has 0 unspecified atom stereocenters. The summed E-state index contributed by atoms with van der Waals surface area (Å²) in [4.78, 5) is 15.1. The van der Waals surface area contributed by atoms with Crippen molar-refractivity contribution in [3.05, 3.63) is 35.9 Å². The standard InChI is InChI=1S/C19H27NO2/c1-2-17(15-7-4-3-5-8-15)18-9-6-12-20(18)19(21)16-10-13-22-14-11-16/h3-5,7-8,16-18H,2,6,9-14H2,1H3/t17-,18-/m0/s1. The number of benzene rings is 1. The molecule has 2 saturated heterocycles. The number of hydrogen-bond acceptors (Lipinski definition) is 2. The van der Waals surface area contributed by atoms with Crippen LogP contribution in [0.1, 0.15) is 50.5 Å². The fourth-order valence-corrected chi connectivity index (χ4v) is 4.09. The highest BCUT2D eigenvalue weighted by atomic mass is 16.5. The molecule has 0 bridgehead atoms. The van der Waals surface area contributed by atoms with Crippen LogP contribution >= 0.6 is 0 Å². The van der Waals surface area contributed by atoms with Crippen LogP contribution in [-0.2, 0) is 9.53 Å². The van der Waals surface area contributed by atoms with Gasteiger partial charge in [-0.1, -0.05) is 37.3 Å². The summed E-state index contributed by atoms with van der Waals surface area (Å²) in [6.45, 7) is 4.66. The van der Waals surface area contributed by atoms with Crippen molar-refractivity contribution in [2.24, 2.45) is 5.92 Å². The Morgan fingerprint density at radius 1 is 1.23 bits per heavy atom. The maximum atomic E-state index is 12.9. The lowest BCUT2D eigenvalue weighted by molar-refractivity contribution is -0.139. The second kappa shape index (κ2) is 7.28. The molecule has 1 aromatic rings. The molecule has 3 rings (SSSR count). The van der Waals surface area contributed by atoms with E-state index in [1.165, 1.54) is 5.56 Å². The zero-order chi connectivity index (χ0) is 15.4. The first-order chi connectivity index (χ1) is 10.8. The molecule has 0 saturated carbocycles. The third kappa shape index (κ3) is 3.19. The highest BCUT2D eigenvalue weighted by molar-refractivity contribution is 5.79. The summed E-state index contributed by atoms with van der Waals surface area (Å²) < 4.78 is 5.41. The van der Waals surface area contributed by atoms with E-state index >= 15 is 0 Å². The number of ether oxygens (including phenoxy) is 1. The lowest BCUT2D eigenvalue weighted by atomic mass is 9.87. The molecule has 2 aliphatic rings. The molecule has 0 spiro atoms. The van der Waals surface area contributed by atoms with Crippen molar-refractivity contribution in [2.75, 3.05) is 19.8 Å². The molecule has 3 nitrogen and oxygen atoms in total. The number of hydrogen-bond donors (Lipinski definition) is 0. The van der Waals surface area contributed by atoms with Gasteiger partial charge in [0.2, 0.25) is 5.91 Å². The molecule has 3 heteroatoms. The Hall–Kier alpha value is -1.35. The number of carbonyl (C=O) groups excluding carboxylic acids is 1. The maximum Gasteiger partial charge on any atom is 0.226 e. The van der Waals surface area contributed by atoms with E-state index in [4.69, 9.17) is 4.74 Å². The lowest BCUT2D eigenvalue weighted by Gasteiger charge is -2.35. The Morgan fingerprint density at radius 3 is 2.64 bits per heavy atom. The van der Waals surface area contributed by atoms with Crippen LogP contribution < -0.4 is 0 Å². The fraction of sp³-hybridized carbons (Fsp3) is 0.632. The molecule has 2 aliphatic heterocycles. The average Bonchev–Trinajstić information content (AvgIpc) is 3.06. The Bertz CT molecular complexity index is 481. The molecule has 2 atom stereocenters. The normalized spacial score (nSPS) is 24.4. The first-order valence-electron chi connectivity index (χ1n) is 8.74. The molecule has 0 N–H and O–H groups in total. The molecule has 0 aliphatic carbocycles. The first-order valence-corrected chi connectivity index (χ1v) is 8.74. The number of rotatable bonds is 4. The monoisotopic (exact) mass is 301 g/mol. The molecular weight excluding hydrogens is 274 g/mol. The lowest BCUT2D eigenvalue weighted by Crippen LogP contribution is -2.43. The van der Waals surface area contributed by atoms with Crippen molar-refractivity contribution in [3.63, 3.8) is 0 Å². The predicted octanol–water partition coefficient (Wildman–Crippen LogP) is 3.60. The minimum atomic E-state index is 0.183. The number of carbonyl (C=O) groups is 1. The fourth-order valence-electron chi connectivity index (χ4n) is 4.09. The highest BCUT2D eigenvalue weighted by Crippen LogP contribution is 2.35. The van der Waals surface area contributed by atoms with Gasteiger partial charge >= 0.3 is 0 Å². The van der Waals surface area contributed by atoms with Gasteiger partial charge in [-0.25, -0.2) is 0 Å². The number of nitrogens with zero attached hydrogens (tertiary/aromatic N) is 1. The largest absolute Gasteiger partial charge is 0.381 e. The molecule has 1 aromatic carbocycles.